The van der Waals surface area contributed by atoms with E-state index in [9.17, 15) is 13.2 Å². The topological polar surface area (TPSA) is 24.1 Å². The fourth-order valence-corrected chi connectivity index (χ4v) is 2.52. The third-order valence-electron chi connectivity index (χ3n) is 3.50. The molecule has 0 spiro atoms. The number of alkyl halides is 3. The average Bonchev–Trinajstić information content (AvgIpc) is 2.55. The van der Waals surface area contributed by atoms with E-state index in [4.69, 9.17) is 12.2 Å². The van der Waals surface area contributed by atoms with Crippen molar-refractivity contribution in [3.63, 3.8) is 0 Å². The van der Waals surface area contributed by atoms with E-state index in [-0.39, 0.29) is 10.8 Å². The van der Waals surface area contributed by atoms with Gasteiger partial charge in [0.05, 0.1) is 11.3 Å². The van der Waals surface area contributed by atoms with Crippen LogP contribution in [0.5, 0.6) is 0 Å². The third kappa shape index (κ3) is 5.85. The molecule has 0 saturated carbocycles. The summed E-state index contributed by atoms with van der Waals surface area (Å²) in [4.78, 5) is 0. The van der Waals surface area contributed by atoms with E-state index >= 15 is 0 Å². The molecule has 0 unspecified atom stereocenters. The van der Waals surface area contributed by atoms with Crippen molar-refractivity contribution < 1.29 is 13.2 Å². The first-order valence-corrected chi connectivity index (χ1v) is 8.12. The molecular weight excluding hydrogens is 333 g/mol. The molecule has 128 valence electrons. The van der Waals surface area contributed by atoms with Gasteiger partial charge in [-0.1, -0.05) is 42.5 Å². The standard InChI is InChI=1S/C18H19F3N2S/c19-18(20,21)15-11-4-5-12-16(15)23-17(24)22-13-7-6-10-14-8-2-1-3-9-14/h1-5,8-9,11-12H,6-7,10,13H2,(H2,22,23,24). The fourth-order valence-electron chi connectivity index (χ4n) is 2.31. The number of hydrogen-bond acceptors (Lipinski definition) is 1. The summed E-state index contributed by atoms with van der Waals surface area (Å²) in [6.45, 7) is 0.618. The molecule has 0 aliphatic rings. The predicted octanol–water partition coefficient (Wildman–Crippen LogP) is 5.01. The van der Waals surface area contributed by atoms with E-state index < -0.39 is 11.7 Å². The molecule has 0 amide bonds. The van der Waals surface area contributed by atoms with Gasteiger partial charge >= 0.3 is 6.18 Å². The van der Waals surface area contributed by atoms with Crippen LogP contribution in [0.3, 0.4) is 0 Å². The first-order valence-electron chi connectivity index (χ1n) is 7.72. The van der Waals surface area contributed by atoms with E-state index in [1.807, 2.05) is 18.2 Å². The lowest BCUT2D eigenvalue weighted by atomic mass is 10.1. The van der Waals surface area contributed by atoms with Crippen molar-refractivity contribution in [3.8, 4) is 0 Å². The number of para-hydroxylation sites is 1. The predicted molar refractivity (Wildman–Crippen MR) is 95.0 cm³/mol. The number of thiocarbonyl (C=S) groups is 1. The molecule has 0 heterocycles. The van der Waals surface area contributed by atoms with E-state index in [2.05, 4.69) is 22.8 Å². The Balaban J connectivity index is 1.74. The maximum atomic E-state index is 12.9. The van der Waals surface area contributed by atoms with Crippen molar-refractivity contribution in [2.45, 2.75) is 25.4 Å². The van der Waals surface area contributed by atoms with Crippen molar-refractivity contribution in [1.29, 1.82) is 0 Å². The Kier molecular flexibility index (Phi) is 6.61. The number of hydrogen-bond donors (Lipinski definition) is 2. The molecule has 0 bridgehead atoms. The molecule has 24 heavy (non-hydrogen) atoms. The van der Waals surface area contributed by atoms with E-state index in [0.29, 0.717) is 6.54 Å². The van der Waals surface area contributed by atoms with Gasteiger partial charge in [0, 0.05) is 6.54 Å². The number of benzene rings is 2. The van der Waals surface area contributed by atoms with Crippen LogP contribution in [0.1, 0.15) is 24.0 Å². The second-order valence-electron chi connectivity index (χ2n) is 5.37. The Bertz CT molecular complexity index is 657. The molecule has 2 N–H and O–H groups in total. The molecule has 0 saturated heterocycles. The Morgan fingerprint density at radius 1 is 0.917 bits per heavy atom. The van der Waals surface area contributed by atoms with Crippen LogP contribution in [0.25, 0.3) is 0 Å². The van der Waals surface area contributed by atoms with E-state index in [1.165, 1.54) is 17.7 Å². The molecule has 0 radical (unpaired) electrons. The van der Waals surface area contributed by atoms with Gasteiger partial charge in [-0.2, -0.15) is 13.2 Å². The number of unbranched alkanes of at least 4 members (excludes halogenated alkanes) is 1. The highest BCUT2D eigenvalue weighted by atomic mass is 32.1. The molecule has 0 atom stereocenters. The summed E-state index contributed by atoms with van der Waals surface area (Å²) >= 11 is 5.07. The normalized spacial score (nSPS) is 11.1. The molecule has 2 aromatic carbocycles. The van der Waals surface area contributed by atoms with Crippen LogP contribution >= 0.6 is 12.2 Å². The largest absolute Gasteiger partial charge is 0.418 e. The quantitative estimate of drug-likeness (QED) is 0.564. The zero-order chi connectivity index (χ0) is 17.4. The third-order valence-corrected chi connectivity index (χ3v) is 3.75. The highest BCUT2D eigenvalue weighted by molar-refractivity contribution is 7.80. The van der Waals surface area contributed by atoms with Gasteiger partial charge in [0.25, 0.3) is 0 Å². The summed E-state index contributed by atoms with van der Waals surface area (Å²) < 4.78 is 38.7. The zero-order valence-corrected chi connectivity index (χ0v) is 13.9. The van der Waals surface area contributed by atoms with Crippen LogP contribution in [0, 0.1) is 0 Å². The van der Waals surface area contributed by atoms with Gasteiger partial charge in [-0.05, 0) is 49.2 Å². The Hall–Kier alpha value is -2.08. The van der Waals surface area contributed by atoms with Crippen molar-refractivity contribution in [2.24, 2.45) is 0 Å². The maximum absolute atomic E-state index is 12.9. The molecule has 2 nitrogen and oxygen atoms in total. The second kappa shape index (κ2) is 8.68. The number of nitrogens with one attached hydrogen (secondary N) is 2. The number of halogens is 3. The van der Waals surface area contributed by atoms with Gasteiger partial charge in [0.1, 0.15) is 0 Å². The summed E-state index contributed by atoms with van der Waals surface area (Å²) in [5.74, 6) is 0. The maximum Gasteiger partial charge on any atom is 0.418 e. The lowest BCUT2D eigenvalue weighted by Crippen LogP contribution is -2.30. The molecular formula is C18H19F3N2S. The average molecular weight is 352 g/mol. The molecule has 6 heteroatoms. The van der Waals surface area contributed by atoms with Crippen molar-refractivity contribution in [3.05, 3.63) is 65.7 Å². The summed E-state index contributed by atoms with van der Waals surface area (Å²) in [6.07, 6.45) is -1.56. The highest BCUT2D eigenvalue weighted by Crippen LogP contribution is 2.34. The monoisotopic (exact) mass is 352 g/mol. The first-order chi connectivity index (χ1) is 11.5. The molecule has 0 fully saturated rings. The van der Waals surface area contributed by atoms with Crippen molar-refractivity contribution in [2.75, 3.05) is 11.9 Å². The molecule has 2 rings (SSSR count). The van der Waals surface area contributed by atoms with Gasteiger partial charge < -0.3 is 10.6 Å². The van der Waals surface area contributed by atoms with Gasteiger partial charge in [-0.15, -0.1) is 0 Å². The summed E-state index contributed by atoms with van der Waals surface area (Å²) in [5, 5.41) is 5.78. The zero-order valence-electron chi connectivity index (χ0n) is 13.1. The number of anilines is 1. The van der Waals surface area contributed by atoms with Gasteiger partial charge in [0.2, 0.25) is 0 Å². The van der Waals surface area contributed by atoms with E-state index in [1.54, 1.807) is 6.07 Å². The van der Waals surface area contributed by atoms with Crippen LogP contribution in [0.2, 0.25) is 0 Å². The van der Waals surface area contributed by atoms with Crippen molar-refractivity contribution >= 4 is 23.0 Å². The first kappa shape index (κ1) is 18.3. The van der Waals surface area contributed by atoms with Gasteiger partial charge in [0.15, 0.2) is 5.11 Å². The summed E-state index contributed by atoms with van der Waals surface area (Å²) in [5.41, 5.74) is 0.516. The Morgan fingerprint density at radius 2 is 1.58 bits per heavy atom. The lowest BCUT2D eigenvalue weighted by molar-refractivity contribution is -0.136. The Morgan fingerprint density at radius 3 is 2.29 bits per heavy atom. The molecule has 0 aliphatic carbocycles. The van der Waals surface area contributed by atoms with Crippen molar-refractivity contribution in [1.82, 2.24) is 5.32 Å². The summed E-state index contributed by atoms with van der Waals surface area (Å²) in [7, 11) is 0. The van der Waals surface area contributed by atoms with Crippen LogP contribution in [0.15, 0.2) is 54.6 Å². The lowest BCUT2D eigenvalue weighted by Gasteiger charge is -2.15. The van der Waals surface area contributed by atoms with Crippen LogP contribution in [-0.4, -0.2) is 11.7 Å². The Labute approximate surface area is 145 Å². The highest BCUT2D eigenvalue weighted by Gasteiger charge is 2.33. The van der Waals surface area contributed by atoms with Crippen LogP contribution < -0.4 is 10.6 Å². The van der Waals surface area contributed by atoms with E-state index in [0.717, 1.165) is 25.3 Å². The SMILES string of the molecule is FC(F)(F)c1ccccc1NC(=S)NCCCCc1ccccc1. The minimum Gasteiger partial charge on any atom is -0.362 e. The van der Waals surface area contributed by atoms with Gasteiger partial charge in [-0.25, -0.2) is 0 Å². The fraction of sp³-hybridized carbons (Fsp3) is 0.278. The number of rotatable bonds is 6. The van der Waals surface area contributed by atoms with Crippen LogP contribution in [0.4, 0.5) is 18.9 Å². The molecule has 0 aliphatic heterocycles. The smallest absolute Gasteiger partial charge is 0.362 e. The minimum absolute atomic E-state index is 0.0354. The van der Waals surface area contributed by atoms with Crippen LogP contribution in [-0.2, 0) is 12.6 Å². The van der Waals surface area contributed by atoms with Gasteiger partial charge in [-0.3, -0.25) is 0 Å². The summed E-state index contributed by atoms with van der Waals surface area (Å²) in [6, 6.07) is 15.4. The number of aryl methyl sites for hydroxylation is 1. The molecule has 0 aromatic heterocycles. The molecule has 2 aromatic rings. The minimum atomic E-state index is -4.41. The second-order valence-corrected chi connectivity index (χ2v) is 5.78.